The fourth-order valence-corrected chi connectivity index (χ4v) is 6.98. The minimum Gasteiger partial charge on any atom is -0.302 e. The lowest BCUT2D eigenvalue weighted by Crippen LogP contribution is -1.97. The van der Waals surface area contributed by atoms with Crippen LogP contribution in [0.3, 0.4) is 0 Å². The van der Waals surface area contributed by atoms with Crippen LogP contribution in [-0.2, 0) is 35.7 Å². The van der Waals surface area contributed by atoms with E-state index in [1.807, 2.05) is 0 Å². The molecule has 110 valence electrons. The predicted octanol–water partition coefficient (Wildman–Crippen LogP) is 2.97. The lowest BCUT2D eigenvalue weighted by atomic mass is 11.8. The van der Waals surface area contributed by atoms with Gasteiger partial charge < -0.3 is 4.89 Å². The molecule has 1 atom stereocenters. The Labute approximate surface area is 105 Å². The predicted molar refractivity (Wildman–Crippen MR) is 66.6 cm³/mol. The van der Waals surface area contributed by atoms with Crippen molar-refractivity contribution in [2.45, 2.75) is 0 Å². The van der Waals surface area contributed by atoms with Crippen molar-refractivity contribution < 1.29 is 40.6 Å². The fraction of sp³-hybridized carbons (Fsp3) is 1.00. The maximum absolute atomic E-state index is 12.0. The Kier molecular flexibility index (Phi) is 6.25. The first-order chi connectivity index (χ1) is 7.68. The Morgan fingerprint density at radius 2 is 1.11 bits per heavy atom. The van der Waals surface area contributed by atoms with Crippen LogP contribution < -0.4 is 0 Å². The number of phosphoric acid groups is 2. The molecule has 0 saturated heterocycles. The zero-order valence-electron chi connectivity index (χ0n) is 10.5. The van der Waals surface area contributed by atoms with Crippen LogP contribution >= 0.6 is 30.4 Å². The van der Waals surface area contributed by atoms with Crippen LogP contribution in [0.25, 0.3) is 0 Å². The summed E-state index contributed by atoms with van der Waals surface area (Å²) in [5.74, 6) is 0. The average molecular weight is 344 g/mol. The molecule has 0 bridgehead atoms. The van der Waals surface area contributed by atoms with Gasteiger partial charge in [0.2, 0.25) is 14.7 Å². The molecule has 0 heterocycles. The highest BCUT2D eigenvalue weighted by Gasteiger charge is 2.43. The van der Waals surface area contributed by atoms with Gasteiger partial charge in [-0.2, -0.15) is 4.31 Å². The van der Waals surface area contributed by atoms with E-state index in [2.05, 4.69) is 17.5 Å². The molecule has 0 fully saturated rings. The van der Waals surface area contributed by atoms with Crippen LogP contribution in [0.4, 0.5) is 0 Å². The fourth-order valence-electron chi connectivity index (χ4n) is 0.686. The molecule has 9 nitrogen and oxygen atoms in total. The summed E-state index contributed by atoms with van der Waals surface area (Å²) in [4.78, 5) is 9.05. The van der Waals surface area contributed by atoms with Gasteiger partial charge in [-0.25, -0.2) is 17.8 Å². The Hall–Kier alpha value is 0.720. The van der Waals surface area contributed by atoms with Crippen LogP contribution in [-0.4, -0.2) is 38.7 Å². The lowest BCUT2D eigenvalue weighted by Gasteiger charge is -2.22. The van der Waals surface area contributed by atoms with Crippen molar-refractivity contribution in [2.24, 2.45) is 0 Å². The van der Waals surface area contributed by atoms with E-state index in [-0.39, 0.29) is 0 Å². The molecule has 13 heteroatoms. The summed E-state index contributed by atoms with van der Waals surface area (Å²) in [6.45, 7) is 4.32. The quantitative estimate of drug-likeness (QED) is 0.694. The standard InChI is InChI=1S/C5H16O9P4/c1-11-17(8,9)14-18(10,12-15(2,3)6)13-16(4,5)7/h1-5H3,(H,8,9). The van der Waals surface area contributed by atoms with Gasteiger partial charge in [0.15, 0.2) is 0 Å². The van der Waals surface area contributed by atoms with Crippen molar-refractivity contribution in [2.75, 3.05) is 33.8 Å². The van der Waals surface area contributed by atoms with Crippen molar-refractivity contribution in [3.8, 4) is 0 Å². The molecular weight excluding hydrogens is 328 g/mol. The summed E-state index contributed by atoms with van der Waals surface area (Å²) in [5.41, 5.74) is 0. The van der Waals surface area contributed by atoms with Gasteiger partial charge >= 0.3 is 15.6 Å². The van der Waals surface area contributed by atoms with Crippen molar-refractivity contribution >= 4 is 30.4 Å². The average Bonchev–Trinajstić information content (AvgIpc) is 1.93. The van der Waals surface area contributed by atoms with Gasteiger partial charge in [-0.05, 0) is 0 Å². The molecule has 0 aromatic carbocycles. The summed E-state index contributed by atoms with van der Waals surface area (Å²) >= 11 is 0. The third-order valence-electron chi connectivity index (χ3n) is 1.03. The first kappa shape index (κ1) is 18.7. The maximum atomic E-state index is 12.0. The van der Waals surface area contributed by atoms with Crippen molar-refractivity contribution in [3.63, 3.8) is 0 Å². The highest BCUT2D eigenvalue weighted by molar-refractivity contribution is 7.75. The van der Waals surface area contributed by atoms with Gasteiger partial charge in [0.1, 0.15) is 0 Å². The van der Waals surface area contributed by atoms with E-state index in [0.29, 0.717) is 0 Å². The van der Waals surface area contributed by atoms with Gasteiger partial charge in [-0.1, -0.05) is 0 Å². The van der Waals surface area contributed by atoms with E-state index >= 15 is 0 Å². The van der Waals surface area contributed by atoms with E-state index in [9.17, 15) is 18.3 Å². The molecule has 0 saturated carbocycles. The molecule has 0 spiro atoms. The number of phosphoric ester groups is 1. The Balaban J connectivity index is 5.31. The van der Waals surface area contributed by atoms with Gasteiger partial charge in [0.25, 0.3) is 0 Å². The molecule has 0 aliphatic carbocycles. The second-order valence-electron chi connectivity index (χ2n) is 3.85. The van der Waals surface area contributed by atoms with Crippen LogP contribution in [0.1, 0.15) is 0 Å². The smallest absolute Gasteiger partial charge is 0.302 e. The van der Waals surface area contributed by atoms with E-state index in [0.717, 1.165) is 33.8 Å². The van der Waals surface area contributed by atoms with Gasteiger partial charge in [0, 0.05) is 33.8 Å². The Morgan fingerprint density at radius 3 is 1.33 bits per heavy atom. The van der Waals surface area contributed by atoms with Gasteiger partial charge in [-0.15, -0.1) is 0 Å². The van der Waals surface area contributed by atoms with Gasteiger partial charge in [0.05, 0.1) is 0 Å². The molecule has 0 aliphatic rings. The highest BCUT2D eigenvalue weighted by Crippen LogP contribution is 2.73. The number of rotatable bonds is 7. The third-order valence-corrected chi connectivity index (χ3v) is 7.86. The minimum atomic E-state index is -4.76. The zero-order valence-corrected chi connectivity index (χ0v) is 14.1. The molecule has 0 rings (SSSR count). The van der Waals surface area contributed by atoms with Gasteiger partial charge in [-0.3, -0.25) is 13.7 Å². The molecule has 0 aliphatic heterocycles. The topological polar surface area (TPSA) is 125 Å². The highest BCUT2D eigenvalue weighted by atomic mass is 31.3. The summed E-state index contributed by atoms with van der Waals surface area (Å²) in [6.07, 6.45) is 0. The number of hydrogen-bond acceptors (Lipinski definition) is 8. The molecule has 0 aromatic rings. The van der Waals surface area contributed by atoms with E-state index in [1.54, 1.807) is 0 Å². The van der Waals surface area contributed by atoms with Crippen molar-refractivity contribution in [1.82, 2.24) is 0 Å². The molecule has 0 radical (unpaired) electrons. The normalized spacial score (nSPS) is 17.4. The first-order valence-corrected chi connectivity index (χ1v) is 12.4. The Morgan fingerprint density at radius 1 is 0.778 bits per heavy atom. The second kappa shape index (κ2) is 6.01. The van der Waals surface area contributed by atoms with Crippen LogP contribution in [0, 0.1) is 0 Å². The monoisotopic (exact) mass is 344 g/mol. The SMILES string of the molecule is COP(=O)(O)OP(=O)(OP(C)(C)=O)OP(C)(C)=O. The van der Waals surface area contributed by atoms with Crippen molar-refractivity contribution in [1.29, 1.82) is 0 Å². The molecular formula is C5H16O9P4. The van der Waals surface area contributed by atoms with Crippen molar-refractivity contribution in [3.05, 3.63) is 0 Å². The van der Waals surface area contributed by atoms with Crippen LogP contribution in [0.2, 0.25) is 0 Å². The number of hydrogen-bond donors (Lipinski definition) is 1. The van der Waals surface area contributed by atoms with Crippen LogP contribution in [0.5, 0.6) is 0 Å². The molecule has 1 unspecified atom stereocenters. The molecule has 0 amide bonds. The Bertz CT molecular complexity index is 443. The van der Waals surface area contributed by atoms with E-state index < -0.39 is 30.4 Å². The molecule has 0 aromatic heterocycles. The summed E-state index contributed by atoms with van der Waals surface area (Å²) in [5, 5.41) is 0. The summed E-state index contributed by atoms with van der Waals surface area (Å²) in [7, 11) is -15.5. The second-order valence-corrected chi connectivity index (χ2v) is 13.0. The lowest BCUT2D eigenvalue weighted by molar-refractivity contribution is 0.212. The summed E-state index contributed by atoms with van der Waals surface area (Å²) < 4.78 is 63.3. The van der Waals surface area contributed by atoms with E-state index in [1.165, 1.54) is 0 Å². The maximum Gasteiger partial charge on any atom is 0.495 e. The molecule has 1 N–H and O–H groups in total. The van der Waals surface area contributed by atoms with Crippen LogP contribution in [0.15, 0.2) is 0 Å². The molecule has 18 heavy (non-hydrogen) atoms. The third kappa shape index (κ3) is 8.76. The summed E-state index contributed by atoms with van der Waals surface area (Å²) in [6, 6.07) is 0. The first-order valence-electron chi connectivity index (χ1n) is 4.41. The zero-order chi connectivity index (χ0) is 14.8. The minimum absolute atomic E-state index is 0.820. The van der Waals surface area contributed by atoms with E-state index in [4.69, 9.17) is 4.89 Å². The largest absolute Gasteiger partial charge is 0.495 e.